The topological polar surface area (TPSA) is 104 Å². The van der Waals surface area contributed by atoms with Gasteiger partial charge < -0.3 is 10.0 Å². The molecule has 6 rings (SSSR count). The van der Waals surface area contributed by atoms with Crippen LogP contribution < -0.4 is 5.69 Å². The van der Waals surface area contributed by atoms with Crippen LogP contribution in [0, 0.1) is 11.6 Å². The SMILES string of the molecule is O=C(O)N1CCC(n2c(=O)[nH]c3ncccc32)CC1[C@@H]1CC[C@@H](c2ccc(F)c(F)c2)Cc2cccnc21. The molecule has 4 aromatic rings. The molecule has 1 amide bonds. The lowest BCUT2D eigenvalue weighted by Gasteiger charge is -2.42. The summed E-state index contributed by atoms with van der Waals surface area (Å²) in [7, 11) is 0. The number of nitrogens with zero attached hydrogens (tertiary/aromatic N) is 4. The summed E-state index contributed by atoms with van der Waals surface area (Å²) < 4.78 is 29.4. The summed E-state index contributed by atoms with van der Waals surface area (Å²) in [5, 5.41) is 10.1. The second kappa shape index (κ2) is 9.66. The predicted octanol–water partition coefficient (Wildman–Crippen LogP) is 4.99. The average molecular weight is 520 g/mol. The fourth-order valence-corrected chi connectivity index (χ4v) is 6.42. The van der Waals surface area contributed by atoms with Gasteiger partial charge in [0.1, 0.15) is 0 Å². The van der Waals surface area contributed by atoms with Gasteiger partial charge in [-0.2, -0.15) is 0 Å². The fourth-order valence-electron chi connectivity index (χ4n) is 6.42. The molecule has 4 atom stereocenters. The summed E-state index contributed by atoms with van der Waals surface area (Å²) in [4.78, 5) is 38.5. The smallest absolute Gasteiger partial charge is 0.407 e. The summed E-state index contributed by atoms with van der Waals surface area (Å²) in [6.45, 7) is 0.287. The first-order valence-corrected chi connectivity index (χ1v) is 12.8. The van der Waals surface area contributed by atoms with E-state index in [-0.39, 0.29) is 30.1 Å². The Labute approximate surface area is 217 Å². The zero-order chi connectivity index (χ0) is 26.4. The van der Waals surface area contributed by atoms with Crippen molar-refractivity contribution < 1.29 is 18.7 Å². The average Bonchev–Trinajstić information content (AvgIpc) is 3.13. The first-order valence-electron chi connectivity index (χ1n) is 12.8. The molecule has 0 radical (unpaired) electrons. The van der Waals surface area contributed by atoms with E-state index in [0.29, 0.717) is 48.8 Å². The maximum atomic E-state index is 14.1. The first kappa shape index (κ1) is 24.3. The third-order valence-electron chi connectivity index (χ3n) is 8.17. The number of aromatic amines is 1. The van der Waals surface area contributed by atoms with E-state index in [2.05, 4.69) is 9.97 Å². The van der Waals surface area contributed by atoms with Gasteiger partial charge in [0.15, 0.2) is 17.3 Å². The first-order chi connectivity index (χ1) is 18.4. The molecule has 3 aromatic heterocycles. The molecular formula is C28H27F2N5O3. The lowest BCUT2D eigenvalue weighted by molar-refractivity contribution is 0.0779. The van der Waals surface area contributed by atoms with E-state index in [0.717, 1.165) is 17.3 Å². The number of pyridine rings is 2. The van der Waals surface area contributed by atoms with Crippen molar-refractivity contribution in [1.82, 2.24) is 24.4 Å². The molecule has 0 spiro atoms. The van der Waals surface area contributed by atoms with E-state index in [1.165, 1.54) is 11.0 Å². The number of H-pyrrole nitrogens is 1. The number of imidazole rings is 1. The minimum absolute atomic E-state index is 0.0574. The summed E-state index contributed by atoms with van der Waals surface area (Å²) >= 11 is 0. The van der Waals surface area contributed by atoms with E-state index >= 15 is 0 Å². The van der Waals surface area contributed by atoms with Gasteiger partial charge in [-0.15, -0.1) is 0 Å². The van der Waals surface area contributed by atoms with Gasteiger partial charge in [0.25, 0.3) is 0 Å². The van der Waals surface area contributed by atoms with Crippen LogP contribution in [-0.4, -0.2) is 48.2 Å². The Balaban J connectivity index is 1.37. The number of carbonyl (C=O) groups is 1. The molecule has 1 saturated heterocycles. The zero-order valence-corrected chi connectivity index (χ0v) is 20.6. The second-order valence-corrected chi connectivity index (χ2v) is 10.2. The monoisotopic (exact) mass is 519 g/mol. The number of fused-ring (bicyclic) bond motifs is 2. The Morgan fingerprint density at radius 1 is 1.03 bits per heavy atom. The molecule has 1 aromatic carbocycles. The van der Waals surface area contributed by atoms with Gasteiger partial charge >= 0.3 is 11.8 Å². The second-order valence-electron chi connectivity index (χ2n) is 10.2. The molecule has 2 aliphatic rings. The van der Waals surface area contributed by atoms with Crippen molar-refractivity contribution in [3.8, 4) is 0 Å². The van der Waals surface area contributed by atoms with Crippen LogP contribution in [0.5, 0.6) is 0 Å². The number of likely N-dealkylation sites (tertiary alicyclic amines) is 1. The quantitative estimate of drug-likeness (QED) is 0.372. The van der Waals surface area contributed by atoms with Gasteiger partial charge in [0, 0.05) is 42.6 Å². The number of hydrogen-bond donors (Lipinski definition) is 2. The van der Waals surface area contributed by atoms with Gasteiger partial charge in [0.2, 0.25) is 0 Å². The number of piperidine rings is 1. The minimum Gasteiger partial charge on any atom is -0.465 e. The molecular weight excluding hydrogens is 492 g/mol. The maximum Gasteiger partial charge on any atom is 0.407 e. The van der Waals surface area contributed by atoms with Gasteiger partial charge in [-0.05, 0) is 79.5 Å². The molecule has 2 unspecified atom stereocenters. The minimum atomic E-state index is -1.000. The Bertz CT molecular complexity index is 1570. The summed E-state index contributed by atoms with van der Waals surface area (Å²) in [6, 6.07) is 10.9. The third kappa shape index (κ3) is 4.23. The molecule has 1 aliphatic carbocycles. The van der Waals surface area contributed by atoms with E-state index in [4.69, 9.17) is 4.98 Å². The van der Waals surface area contributed by atoms with Crippen LogP contribution in [0.4, 0.5) is 13.6 Å². The molecule has 38 heavy (non-hydrogen) atoms. The van der Waals surface area contributed by atoms with Crippen molar-refractivity contribution >= 4 is 17.3 Å². The molecule has 8 nitrogen and oxygen atoms in total. The fraction of sp³-hybridized carbons (Fsp3) is 0.357. The number of amides is 1. The van der Waals surface area contributed by atoms with Crippen molar-refractivity contribution in [2.24, 2.45) is 0 Å². The van der Waals surface area contributed by atoms with Crippen LogP contribution in [0.15, 0.2) is 59.7 Å². The molecule has 0 bridgehead atoms. The predicted molar refractivity (Wildman–Crippen MR) is 136 cm³/mol. The van der Waals surface area contributed by atoms with E-state index < -0.39 is 23.8 Å². The molecule has 0 saturated carbocycles. The standard InChI is InChI=1S/C28H27F2N5O3/c29-21-8-6-17(14-22(21)30)16-5-7-20(25-18(13-16)3-1-10-31-25)24-15-19(9-12-34(24)28(37)38)35-23-4-2-11-32-26(23)33-27(35)36/h1-4,6,8,10-11,14,16,19-20,24H,5,7,9,12-13,15H2,(H,37,38)(H,32,33,36)/t16-,19?,20+,24?/m1/s1. The Hall–Kier alpha value is -4.08. The number of nitrogens with one attached hydrogen (secondary N) is 1. The van der Waals surface area contributed by atoms with Crippen molar-refractivity contribution in [2.45, 2.75) is 56.0 Å². The van der Waals surface area contributed by atoms with Crippen molar-refractivity contribution in [1.29, 1.82) is 0 Å². The molecule has 10 heteroatoms. The number of benzene rings is 1. The van der Waals surface area contributed by atoms with E-state index in [9.17, 15) is 23.5 Å². The van der Waals surface area contributed by atoms with Crippen LogP contribution >= 0.6 is 0 Å². The number of aromatic nitrogens is 4. The van der Waals surface area contributed by atoms with Crippen LogP contribution in [0.1, 0.15) is 60.4 Å². The molecule has 196 valence electrons. The number of hydrogen-bond acceptors (Lipinski definition) is 4. The van der Waals surface area contributed by atoms with Crippen molar-refractivity contribution in [3.05, 3.63) is 93.8 Å². The highest BCUT2D eigenvalue weighted by atomic mass is 19.2. The number of rotatable bonds is 3. The van der Waals surface area contributed by atoms with Crippen LogP contribution in [0.3, 0.4) is 0 Å². The van der Waals surface area contributed by atoms with Crippen LogP contribution in [0.25, 0.3) is 11.2 Å². The number of carboxylic acid groups (broad SMARTS) is 1. The highest BCUT2D eigenvalue weighted by molar-refractivity contribution is 5.70. The Morgan fingerprint density at radius 2 is 1.84 bits per heavy atom. The summed E-state index contributed by atoms with van der Waals surface area (Å²) in [5.41, 5.74) is 3.47. The summed E-state index contributed by atoms with van der Waals surface area (Å²) in [6.07, 6.45) is 5.17. The molecule has 2 N–H and O–H groups in total. The largest absolute Gasteiger partial charge is 0.465 e. The highest BCUT2D eigenvalue weighted by Crippen LogP contribution is 2.43. The normalized spacial score (nSPS) is 23.7. The van der Waals surface area contributed by atoms with Crippen LogP contribution in [0.2, 0.25) is 0 Å². The number of halogens is 2. The third-order valence-corrected chi connectivity index (χ3v) is 8.17. The Morgan fingerprint density at radius 3 is 2.66 bits per heavy atom. The van der Waals surface area contributed by atoms with Gasteiger partial charge in [-0.25, -0.2) is 23.4 Å². The van der Waals surface area contributed by atoms with E-state index in [1.54, 1.807) is 29.1 Å². The van der Waals surface area contributed by atoms with Crippen molar-refractivity contribution in [2.75, 3.05) is 6.54 Å². The van der Waals surface area contributed by atoms with Gasteiger partial charge in [0.05, 0.1) is 5.52 Å². The van der Waals surface area contributed by atoms with Gasteiger partial charge in [-0.1, -0.05) is 12.1 Å². The van der Waals surface area contributed by atoms with Crippen molar-refractivity contribution in [3.63, 3.8) is 0 Å². The maximum absolute atomic E-state index is 14.1. The highest BCUT2D eigenvalue weighted by Gasteiger charge is 2.41. The Kier molecular flexibility index (Phi) is 6.17. The zero-order valence-electron chi connectivity index (χ0n) is 20.6. The lowest BCUT2D eigenvalue weighted by atomic mass is 9.82. The van der Waals surface area contributed by atoms with E-state index in [1.807, 2.05) is 18.2 Å². The molecule has 4 heterocycles. The van der Waals surface area contributed by atoms with Crippen LogP contribution in [-0.2, 0) is 6.42 Å². The molecule has 1 aliphatic heterocycles. The molecule has 1 fully saturated rings. The summed E-state index contributed by atoms with van der Waals surface area (Å²) in [5.74, 6) is -2.02. The lowest BCUT2D eigenvalue weighted by Crippen LogP contribution is -2.49. The van der Waals surface area contributed by atoms with Gasteiger partial charge in [-0.3, -0.25) is 14.5 Å².